The summed E-state index contributed by atoms with van der Waals surface area (Å²) in [6, 6.07) is 22.1. The Labute approximate surface area is 239 Å². The number of hydrogen-bond donors (Lipinski definition) is 1. The van der Waals surface area contributed by atoms with Crippen molar-refractivity contribution in [1.82, 2.24) is 4.90 Å². The Morgan fingerprint density at radius 2 is 1.28 bits per heavy atom. The molecular weight excluding hydrogens is 539 g/mol. The topological polar surface area (TPSA) is 71.0 Å². The molecule has 1 atom stereocenters. The van der Waals surface area contributed by atoms with E-state index in [4.69, 9.17) is 28.5 Å². The number of nitriles is 2. The second-order valence-electron chi connectivity index (χ2n) is 10.6. The fraction of sp³-hybridized carbons (Fsp3) is 0.355. The van der Waals surface area contributed by atoms with Crippen LogP contribution in [-0.2, 0) is 5.60 Å². The summed E-state index contributed by atoms with van der Waals surface area (Å²) in [5, 5.41) is 30.9. The summed E-state index contributed by atoms with van der Waals surface area (Å²) in [4.78, 5) is 2.16. The van der Waals surface area contributed by atoms with Crippen LogP contribution >= 0.6 is 23.2 Å². The molecule has 0 aromatic heterocycles. The molecule has 0 saturated carbocycles. The van der Waals surface area contributed by atoms with Gasteiger partial charge in [0.15, 0.2) is 0 Å². The molecule has 3 aromatic rings. The molecule has 0 radical (unpaired) electrons. The van der Waals surface area contributed by atoms with E-state index < -0.39 is 28.6 Å². The molecule has 1 unspecified atom stereocenters. The van der Waals surface area contributed by atoms with E-state index in [0.717, 1.165) is 29.3 Å². The molecule has 4 nitrogen and oxygen atoms in total. The molecule has 4 rings (SSSR count). The van der Waals surface area contributed by atoms with Gasteiger partial charge in [-0.15, -0.1) is 0 Å². The lowest BCUT2D eigenvalue weighted by Gasteiger charge is -2.54. The second-order valence-corrected chi connectivity index (χ2v) is 11.5. The van der Waals surface area contributed by atoms with E-state index in [0.29, 0.717) is 23.1 Å². The van der Waals surface area contributed by atoms with E-state index in [1.54, 1.807) is 13.8 Å². The number of likely N-dealkylation sites (tertiary alicyclic amines) is 1. The standard InChI is InChI=1S/C27H24Cl2F2N2O.C4H7N/c1-26(2,16-32)27(34,19-11-23(30)13-24(31)12-19)20-14-33(15-20)25(17-3-7-21(28)8-4-17)18-5-9-22(29)10-6-18;1-4(2)3-5/h3-13,20,25,34H,14-15H2,1-2H3;4H,1-2H3. The first-order valence-corrected chi connectivity index (χ1v) is 13.3. The lowest BCUT2D eigenvalue weighted by Crippen LogP contribution is -2.61. The highest BCUT2D eigenvalue weighted by molar-refractivity contribution is 6.30. The molecule has 0 amide bonds. The molecule has 1 aliphatic rings. The Morgan fingerprint density at radius 3 is 1.64 bits per heavy atom. The van der Waals surface area contributed by atoms with Gasteiger partial charge in [0.05, 0.1) is 23.6 Å². The molecule has 1 aliphatic heterocycles. The zero-order valence-corrected chi connectivity index (χ0v) is 23.8. The summed E-state index contributed by atoms with van der Waals surface area (Å²) in [5.74, 6) is -1.82. The zero-order chi connectivity index (χ0) is 29.0. The van der Waals surface area contributed by atoms with Gasteiger partial charge < -0.3 is 5.11 Å². The minimum absolute atomic E-state index is 0.0655. The van der Waals surface area contributed by atoms with E-state index in [-0.39, 0.29) is 17.5 Å². The van der Waals surface area contributed by atoms with Crippen molar-refractivity contribution in [2.24, 2.45) is 17.3 Å². The fourth-order valence-electron chi connectivity index (χ4n) is 4.86. The van der Waals surface area contributed by atoms with Crippen LogP contribution in [0.2, 0.25) is 10.0 Å². The summed E-state index contributed by atoms with van der Waals surface area (Å²) in [6.45, 7) is 7.73. The van der Waals surface area contributed by atoms with E-state index in [1.165, 1.54) is 0 Å². The van der Waals surface area contributed by atoms with Crippen molar-refractivity contribution < 1.29 is 13.9 Å². The minimum atomic E-state index is -1.76. The predicted molar refractivity (Wildman–Crippen MR) is 150 cm³/mol. The van der Waals surface area contributed by atoms with Crippen LogP contribution in [-0.4, -0.2) is 23.1 Å². The highest BCUT2D eigenvalue weighted by Crippen LogP contribution is 2.50. The summed E-state index contributed by atoms with van der Waals surface area (Å²) in [5.41, 5.74) is -0.975. The maximum Gasteiger partial charge on any atom is 0.126 e. The monoisotopic (exact) mass is 569 g/mol. The van der Waals surface area contributed by atoms with Crippen molar-refractivity contribution in [3.8, 4) is 12.1 Å². The summed E-state index contributed by atoms with van der Waals surface area (Å²) in [7, 11) is 0. The van der Waals surface area contributed by atoms with Crippen LogP contribution in [0.4, 0.5) is 8.78 Å². The van der Waals surface area contributed by atoms with Gasteiger partial charge in [-0.25, -0.2) is 8.78 Å². The Balaban J connectivity index is 0.000000771. The average Bonchev–Trinajstić information content (AvgIpc) is 2.86. The van der Waals surface area contributed by atoms with Gasteiger partial charge in [-0.1, -0.05) is 47.5 Å². The maximum atomic E-state index is 14.1. The second kappa shape index (κ2) is 12.5. The highest BCUT2D eigenvalue weighted by Gasteiger charge is 2.56. The van der Waals surface area contributed by atoms with E-state index in [1.807, 2.05) is 68.4 Å². The number of halogens is 4. The van der Waals surface area contributed by atoms with Gasteiger partial charge in [-0.3, -0.25) is 4.90 Å². The molecule has 204 valence electrons. The Hall–Kier alpha value is -3.00. The number of hydrogen-bond acceptors (Lipinski definition) is 4. The third kappa shape index (κ3) is 6.78. The minimum Gasteiger partial charge on any atom is -0.383 e. The molecular formula is C31H31Cl2F2N3O. The normalized spacial score (nSPS) is 15.5. The first-order chi connectivity index (χ1) is 18.3. The maximum absolute atomic E-state index is 14.1. The van der Waals surface area contributed by atoms with Crippen LogP contribution in [0.25, 0.3) is 0 Å². The van der Waals surface area contributed by atoms with Crippen LogP contribution in [0, 0.1) is 51.5 Å². The van der Waals surface area contributed by atoms with Gasteiger partial charge in [0.1, 0.15) is 17.2 Å². The van der Waals surface area contributed by atoms with Gasteiger partial charge in [-0.05, 0) is 80.8 Å². The molecule has 3 aromatic carbocycles. The smallest absolute Gasteiger partial charge is 0.126 e. The van der Waals surface area contributed by atoms with E-state index in [9.17, 15) is 19.1 Å². The van der Waals surface area contributed by atoms with Crippen LogP contribution < -0.4 is 0 Å². The van der Waals surface area contributed by atoms with Crippen molar-refractivity contribution in [3.05, 3.63) is 105 Å². The largest absolute Gasteiger partial charge is 0.383 e. The molecule has 0 aliphatic carbocycles. The molecule has 1 heterocycles. The predicted octanol–water partition coefficient (Wildman–Crippen LogP) is 7.90. The highest BCUT2D eigenvalue weighted by atomic mass is 35.5. The number of benzene rings is 3. The van der Waals surface area contributed by atoms with Crippen LogP contribution in [0.3, 0.4) is 0 Å². The van der Waals surface area contributed by atoms with Crippen LogP contribution in [0.15, 0.2) is 66.7 Å². The van der Waals surface area contributed by atoms with Crippen molar-refractivity contribution >= 4 is 23.2 Å². The average molecular weight is 571 g/mol. The molecule has 0 spiro atoms. The van der Waals surface area contributed by atoms with Crippen molar-refractivity contribution in [3.63, 3.8) is 0 Å². The summed E-state index contributed by atoms with van der Waals surface area (Å²) < 4.78 is 28.2. The number of nitrogens with zero attached hydrogens (tertiary/aromatic N) is 3. The summed E-state index contributed by atoms with van der Waals surface area (Å²) >= 11 is 12.2. The lowest BCUT2D eigenvalue weighted by atomic mass is 9.62. The molecule has 0 bridgehead atoms. The molecule has 39 heavy (non-hydrogen) atoms. The van der Waals surface area contributed by atoms with Gasteiger partial charge in [0.25, 0.3) is 0 Å². The Bertz CT molecular complexity index is 1290. The molecule has 1 saturated heterocycles. The SMILES string of the molecule is CC(C)(C#N)C(O)(c1cc(F)cc(F)c1)C1CN(C(c2ccc(Cl)cc2)c2ccc(Cl)cc2)C1.CC(C)C#N. The molecule has 1 fully saturated rings. The van der Waals surface area contributed by atoms with E-state index >= 15 is 0 Å². The molecule has 8 heteroatoms. The molecule has 1 N–H and O–H groups in total. The van der Waals surface area contributed by atoms with Crippen LogP contribution in [0.1, 0.15) is 50.4 Å². The van der Waals surface area contributed by atoms with Gasteiger partial charge >= 0.3 is 0 Å². The summed E-state index contributed by atoms with van der Waals surface area (Å²) in [6.07, 6.45) is 0. The van der Waals surface area contributed by atoms with Crippen molar-refractivity contribution in [1.29, 1.82) is 10.5 Å². The third-order valence-electron chi connectivity index (χ3n) is 7.03. The van der Waals surface area contributed by atoms with Crippen LogP contribution in [0.5, 0.6) is 0 Å². The number of aliphatic hydroxyl groups is 1. The van der Waals surface area contributed by atoms with E-state index in [2.05, 4.69) is 11.0 Å². The Kier molecular flexibility index (Phi) is 9.75. The van der Waals surface area contributed by atoms with Gasteiger partial charge in [0.2, 0.25) is 0 Å². The van der Waals surface area contributed by atoms with Gasteiger partial charge in [-0.2, -0.15) is 10.5 Å². The number of rotatable bonds is 6. The first kappa shape index (κ1) is 30.5. The van der Waals surface area contributed by atoms with Crippen molar-refractivity contribution in [2.45, 2.75) is 39.3 Å². The fourth-order valence-corrected chi connectivity index (χ4v) is 5.11. The lowest BCUT2D eigenvalue weighted by molar-refractivity contribution is -0.150. The quantitative estimate of drug-likeness (QED) is 0.327. The van der Waals surface area contributed by atoms with Crippen molar-refractivity contribution in [2.75, 3.05) is 13.1 Å². The zero-order valence-electron chi connectivity index (χ0n) is 22.3. The van der Waals surface area contributed by atoms with Gasteiger partial charge in [0, 0.05) is 41.0 Å². The Morgan fingerprint density at radius 1 is 0.872 bits per heavy atom. The first-order valence-electron chi connectivity index (χ1n) is 12.6. The third-order valence-corrected chi connectivity index (χ3v) is 7.53.